The fourth-order valence-corrected chi connectivity index (χ4v) is 2.59. The van der Waals surface area contributed by atoms with Gasteiger partial charge >= 0.3 is 0 Å². The van der Waals surface area contributed by atoms with Crippen LogP contribution in [0.2, 0.25) is 5.02 Å². The Kier molecular flexibility index (Phi) is 3.64. The molecule has 0 radical (unpaired) electrons. The number of unbranched alkanes of at least 4 members (excludes halogenated alkanes) is 1. The van der Waals surface area contributed by atoms with E-state index in [2.05, 4.69) is 5.32 Å². The molecule has 0 saturated heterocycles. The number of amides is 1. The van der Waals surface area contributed by atoms with Gasteiger partial charge in [-0.05, 0) is 62.9 Å². The molecule has 0 saturated carbocycles. The molecule has 1 aliphatic heterocycles. The highest BCUT2D eigenvalue weighted by atomic mass is 35.5. The van der Waals surface area contributed by atoms with Gasteiger partial charge in [0.15, 0.2) is 0 Å². The first-order valence-corrected chi connectivity index (χ1v) is 6.69. The fraction of sp³-hybridized carbons (Fsp3) is 0.500. The molecule has 18 heavy (non-hydrogen) atoms. The molecule has 0 atom stereocenters. The van der Waals surface area contributed by atoms with Gasteiger partial charge in [-0.25, -0.2) is 0 Å². The Balaban J connectivity index is 2.36. The van der Waals surface area contributed by atoms with Crippen LogP contribution in [0.15, 0.2) is 12.1 Å². The van der Waals surface area contributed by atoms with Gasteiger partial charge in [-0.15, -0.1) is 0 Å². The van der Waals surface area contributed by atoms with Gasteiger partial charge in [0.1, 0.15) is 0 Å². The molecule has 1 aromatic carbocycles. The smallest absolute Gasteiger partial charge is 0.234 e. The molecule has 2 rings (SSSR count). The summed E-state index contributed by atoms with van der Waals surface area (Å²) in [4.78, 5) is 12.0. The third-order valence-electron chi connectivity index (χ3n) is 3.56. The van der Waals surface area contributed by atoms with Crippen molar-refractivity contribution >= 4 is 23.2 Å². The van der Waals surface area contributed by atoms with E-state index < -0.39 is 5.41 Å². The lowest BCUT2D eigenvalue weighted by atomic mass is 9.85. The molecule has 0 aromatic heterocycles. The van der Waals surface area contributed by atoms with Crippen molar-refractivity contribution in [3.63, 3.8) is 0 Å². The van der Waals surface area contributed by atoms with E-state index in [1.807, 2.05) is 26.0 Å². The molecule has 0 unspecified atom stereocenters. The molecule has 0 aliphatic carbocycles. The standard InChI is InChI=1S/C14H19ClN2O/c1-14(2)11-8-10(15)7-9(5-3-4-6-16)12(11)17-13(14)18/h7-8H,3-6,16H2,1-2H3,(H,17,18). The molecular formula is C14H19ClN2O. The number of anilines is 1. The molecule has 1 heterocycles. The summed E-state index contributed by atoms with van der Waals surface area (Å²) in [5.74, 6) is 0.0415. The van der Waals surface area contributed by atoms with Crippen molar-refractivity contribution in [1.29, 1.82) is 0 Å². The Bertz CT molecular complexity index is 483. The molecular weight excluding hydrogens is 248 g/mol. The highest BCUT2D eigenvalue weighted by molar-refractivity contribution is 6.31. The van der Waals surface area contributed by atoms with Crippen molar-refractivity contribution in [1.82, 2.24) is 0 Å². The summed E-state index contributed by atoms with van der Waals surface area (Å²) >= 11 is 6.15. The van der Waals surface area contributed by atoms with E-state index in [1.165, 1.54) is 0 Å². The summed E-state index contributed by atoms with van der Waals surface area (Å²) < 4.78 is 0. The number of rotatable bonds is 4. The summed E-state index contributed by atoms with van der Waals surface area (Å²) in [7, 11) is 0. The number of nitrogens with two attached hydrogens (primary N) is 1. The number of nitrogens with one attached hydrogen (secondary N) is 1. The quantitative estimate of drug-likeness (QED) is 0.824. The molecule has 1 aromatic rings. The minimum absolute atomic E-state index is 0.0415. The third kappa shape index (κ3) is 2.25. The van der Waals surface area contributed by atoms with Crippen molar-refractivity contribution in [2.45, 2.75) is 38.5 Å². The summed E-state index contributed by atoms with van der Waals surface area (Å²) in [6.45, 7) is 4.54. The van der Waals surface area contributed by atoms with E-state index in [0.717, 1.165) is 36.1 Å². The monoisotopic (exact) mass is 266 g/mol. The lowest BCUT2D eigenvalue weighted by Crippen LogP contribution is -2.26. The summed E-state index contributed by atoms with van der Waals surface area (Å²) in [6.07, 6.45) is 2.90. The number of hydrogen-bond acceptors (Lipinski definition) is 2. The van der Waals surface area contributed by atoms with E-state index in [9.17, 15) is 4.79 Å². The summed E-state index contributed by atoms with van der Waals surface area (Å²) in [5.41, 5.74) is 8.08. The molecule has 0 fully saturated rings. The molecule has 3 nitrogen and oxygen atoms in total. The Morgan fingerprint density at radius 2 is 2.06 bits per heavy atom. The number of aryl methyl sites for hydroxylation is 1. The Morgan fingerprint density at radius 3 is 2.72 bits per heavy atom. The van der Waals surface area contributed by atoms with E-state index in [4.69, 9.17) is 17.3 Å². The van der Waals surface area contributed by atoms with Gasteiger partial charge in [0, 0.05) is 10.7 Å². The minimum Gasteiger partial charge on any atom is -0.330 e. The van der Waals surface area contributed by atoms with Crippen LogP contribution in [-0.4, -0.2) is 12.5 Å². The second kappa shape index (κ2) is 4.90. The van der Waals surface area contributed by atoms with Crippen molar-refractivity contribution in [3.05, 3.63) is 28.3 Å². The third-order valence-corrected chi connectivity index (χ3v) is 3.78. The van der Waals surface area contributed by atoms with Crippen LogP contribution < -0.4 is 11.1 Å². The molecule has 98 valence electrons. The number of halogens is 1. The highest BCUT2D eigenvalue weighted by Crippen LogP contribution is 2.41. The molecule has 3 N–H and O–H groups in total. The van der Waals surface area contributed by atoms with Gasteiger partial charge in [-0.2, -0.15) is 0 Å². The lowest BCUT2D eigenvalue weighted by molar-refractivity contribution is -0.119. The molecule has 0 spiro atoms. The zero-order valence-corrected chi connectivity index (χ0v) is 11.6. The normalized spacial score (nSPS) is 16.6. The average Bonchev–Trinajstić information content (AvgIpc) is 2.52. The lowest BCUT2D eigenvalue weighted by Gasteiger charge is -2.16. The summed E-state index contributed by atoms with van der Waals surface area (Å²) in [5, 5.41) is 3.68. The van der Waals surface area contributed by atoms with Gasteiger partial charge in [0.05, 0.1) is 5.41 Å². The van der Waals surface area contributed by atoms with Crippen LogP contribution in [-0.2, 0) is 16.6 Å². The van der Waals surface area contributed by atoms with Crippen LogP contribution in [0.25, 0.3) is 0 Å². The van der Waals surface area contributed by atoms with Crippen LogP contribution in [0.5, 0.6) is 0 Å². The number of carbonyl (C=O) groups is 1. The largest absolute Gasteiger partial charge is 0.330 e. The van der Waals surface area contributed by atoms with Gasteiger partial charge in [0.2, 0.25) is 5.91 Å². The zero-order valence-electron chi connectivity index (χ0n) is 10.8. The van der Waals surface area contributed by atoms with Crippen LogP contribution in [0.4, 0.5) is 5.69 Å². The van der Waals surface area contributed by atoms with Crippen molar-refractivity contribution in [3.8, 4) is 0 Å². The number of hydrogen-bond donors (Lipinski definition) is 2. The van der Waals surface area contributed by atoms with Crippen LogP contribution >= 0.6 is 11.6 Å². The highest BCUT2D eigenvalue weighted by Gasteiger charge is 2.39. The summed E-state index contributed by atoms with van der Waals surface area (Å²) in [6, 6.07) is 3.83. The molecule has 0 bridgehead atoms. The van der Waals surface area contributed by atoms with Crippen molar-refractivity contribution < 1.29 is 4.79 Å². The maximum atomic E-state index is 12.0. The second-order valence-corrected chi connectivity index (χ2v) is 5.75. The van der Waals surface area contributed by atoms with E-state index in [-0.39, 0.29) is 5.91 Å². The zero-order chi connectivity index (χ0) is 13.3. The van der Waals surface area contributed by atoms with Gasteiger partial charge in [-0.1, -0.05) is 11.6 Å². The first-order chi connectivity index (χ1) is 8.46. The maximum Gasteiger partial charge on any atom is 0.234 e. The van der Waals surface area contributed by atoms with Gasteiger partial charge in [-0.3, -0.25) is 4.79 Å². The van der Waals surface area contributed by atoms with E-state index >= 15 is 0 Å². The van der Waals surface area contributed by atoms with Gasteiger partial charge < -0.3 is 11.1 Å². The first-order valence-electron chi connectivity index (χ1n) is 6.31. The topological polar surface area (TPSA) is 55.1 Å². The number of fused-ring (bicyclic) bond motifs is 1. The van der Waals surface area contributed by atoms with Crippen molar-refractivity contribution in [2.24, 2.45) is 5.73 Å². The van der Waals surface area contributed by atoms with E-state index in [0.29, 0.717) is 11.6 Å². The SMILES string of the molecule is CC1(C)C(=O)Nc2c(CCCCN)cc(Cl)cc21. The number of carbonyl (C=O) groups excluding carboxylic acids is 1. The Hall–Kier alpha value is -1.06. The Morgan fingerprint density at radius 1 is 1.33 bits per heavy atom. The van der Waals surface area contributed by atoms with Crippen LogP contribution in [0, 0.1) is 0 Å². The van der Waals surface area contributed by atoms with Crippen LogP contribution in [0.3, 0.4) is 0 Å². The fourth-order valence-electron chi connectivity index (χ4n) is 2.35. The molecule has 4 heteroatoms. The maximum absolute atomic E-state index is 12.0. The van der Waals surface area contributed by atoms with Gasteiger partial charge in [0.25, 0.3) is 0 Å². The van der Waals surface area contributed by atoms with Crippen LogP contribution in [0.1, 0.15) is 37.8 Å². The molecule has 1 aliphatic rings. The predicted molar refractivity (Wildman–Crippen MR) is 75.1 cm³/mol. The second-order valence-electron chi connectivity index (χ2n) is 5.31. The minimum atomic E-state index is -0.497. The number of benzene rings is 1. The van der Waals surface area contributed by atoms with Crippen molar-refractivity contribution in [2.75, 3.05) is 11.9 Å². The molecule has 1 amide bonds. The Labute approximate surface area is 113 Å². The van der Waals surface area contributed by atoms with E-state index in [1.54, 1.807) is 0 Å². The first kappa shape index (κ1) is 13.4. The average molecular weight is 267 g/mol. The predicted octanol–water partition coefficient (Wildman–Crippen LogP) is 2.85.